The number of nitrogens with one attached hydrogen (secondary N) is 1. The third-order valence-corrected chi connectivity index (χ3v) is 2.87. The van der Waals surface area contributed by atoms with Crippen molar-refractivity contribution < 1.29 is 14.5 Å². The van der Waals surface area contributed by atoms with Crippen LogP contribution in [0.3, 0.4) is 0 Å². The molecule has 1 saturated heterocycles. The molecule has 0 unspecified atom stereocenters. The average Bonchev–Trinajstić information content (AvgIpc) is 2.90. The molecule has 1 heterocycles. The van der Waals surface area contributed by atoms with Gasteiger partial charge in [-0.3, -0.25) is 14.9 Å². The maximum atomic E-state index is 11.6. The van der Waals surface area contributed by atoms with Gasteiger partial charge in [-0.25, -0.2) is 0 Å². The number of nitro benzene ring substituents is 1. The number of benzene rings is 1. The van der Waals surface area contributed by atoms with Gasteiger partial charge in [-0.2, -0.15) is 0 Å². The van der Waals surface area contributed by atoms with Crippen molar-refractivity contribution in [1.29, 1.82) is 0 Å². The van der Waals surface area contributed by atoms with E-state index in [1.807, 2.05) is 0 Å². The minimum atomic E-state index is -0.460. The van der Waals surface area contributed by atoms with E-state index in [1.165, 1.54) is 12.1 Å². The third-order valence-electron chi connectivity index (χ3n) is 2.87. The smallest absolute Gasteiger partial charge is 0.323 e. The Morgan fingerprint density at radius 2 is 2.17 bits per heavy atom. The molecule has 1 atom stereocenters. The fourth-order valence-corrected chi connectivity index (χ4v) is 1.85. The fraction of sp³-hybridized carbons (Fsp3) is 0.417. The van der Waals surface area contributed by atoms with E-state index in [1.54, 1.807) is 12.1 Å². The van der Waals surface area contributed by atoms with Gasteiger partial charge in [0.05, 0.1) is 4.92 Å². The summed E-state index contributed by atoms with van der Waals surface area (Å²) in [4.78, 5) is 21.6. The number of nitrogens with zero attached hydrogens (tertiary/aromatic N) is 1. The Balaban J connectivity index is 1.86. The largest absolute Gasteiger partial charge is 0.460 e. The second-order valence-corrected chi connectivity index (χ2v) is 4.18. The third kappa shape index (κ3) is 3.04. The van der Waals surface area contributed by atoms with Crippen LogP contribution < -0.4 is 5.32 Å². The first-order valence-corrected chi connectivity index (χ1v) is 5.80. The first kappa shape index (κ1) is 12.5. The number of non-ortho nitro benzene ring substituents is 1. The Hall–Kier alpha value is -1.95. The highest BCUT2D eigenvalue weighted by Gasteiger charge is 2.23. The van der Waals surface area contributed by atoms with Crippen LogP contribution >= 0.6 is 0 Å². The van der Waals surface area contributed by atoms with Crippen LogP contribution in [0, 0.1) is 10.1 Å². The van der Waals surface area contributed by atoms with Crippen LogP contribution in [-0.4, -0.2) is 23.5 Å². The Bertz CT molecular complexity index is 438. The SMILES string of the molecule is O=C(OCc1ccc([N+](=O)[O-])cc1)[C@H]1CCCN1. The molecule has 0 spiro atoms. The monoisotopic (exact) mass is 250 g/mol. The van der Waals surface area contributed by atoms with E-state index in [2.05, 4.69) is 5.32 Å². The second-order valence-electron chi connectivity index (χ2n) is 4.18. The summed E-state index contributed by atoms with van der Waals surface area (Å²) in [6.07, 6.45) is 1.79. The minimum Gasteiger partial charge on any atom is -0.460 e. The van der Waals surface area contributed by atoms with Crippen molar-refractivity contribution in [2.24, 2.45) is 0 Å². The lowest BCUT2D eigenvalue weighted by Crippen LogP contribution is -2.32. The molecule has 18 heavy (non-hydrogen) atoms. The van der Waals surface area contributed by atoms with E-state index >= 15 is 0 Å². The van der Waals surface area contributed by atoms with Gasteiger partial charge in [0.25, 0.3) is 5.69 Å². The molecule has 1 fully saturated rings. The zero-order valence-electron chi connectivity index (χ0n) is 9.80. The van der Waals surface area contributed by atoms with Crippen molar-refractivity contribution in [3.05, 3.63) is 39.9 Å². The summed E-state index contributed by atoms with van der Waals surface area (Å²) in [7, 11) is 0. The molecule has 1 aliphatic heterocycles. The topological polar surface area (TPSA) is 81.5 Å². The summed E-state index contributed by atoms with van der Waals surface area (Å²) in [5.74, 6) is -0.258. The number of esters is 1. The summed E-state index contributed by atoms with van der Waals surface area (Å²) >= 11 is 0. The molecule has 0 saturated carbocycles. The zero-order valence-corrected chi connectivity index (χ0v) is 9.80. The molecule has 1 aromatic carbocycles. The molecule has 1 aromatic rings. The van der Waals surface area contributed by atoms with E-state index in [4.69, 9.17) is 4.74 Å². The zero-order chi connectivity index (χ0) is 13.0. The summed E-state index contributed by atoms with van der Waals surface area (Å²) in [5.41, 5.74) is 0.773. The Morgan fingerprint density at radius 1 is 1.44 bits per heavy atom. The summed E-state index contributed by atoms with van der Waals surface area (Å²) in [5, 5.41) is 13.5. The van der Waals surface area contributed by atoms with Gasteiger partial charge in [-0.1, -0.05) is 0 Å². The average molecular weight is 250 g/mol. The van der Waals surface area contributed by atoms with Gasteiger partial charge >= 0.3 is 5.97 Å². The number of nitro groups is 1. The maximum Gasteiger partial charge on any atom is 0.323 e. The lowest BCUT2D eigenvalue weighted by Gasteiger charge is -2.10. The van der Waals surface area contributed by atoms with Gasteiger partial charge < -0.3 is 10.1 Å². The van der Waals surface area contributed by atoms with Crippen molar-refractivity contribution in [1.82, 2.24) is 5.32 Å². The van der Waals surface area contributed by atoms with E-state index in [-0.39, 0.29) is 24.3 Å². The molecule has 0 amide bonds. The Morgan fingerprint density at radius 3 is 2.72 bits per heavy atom. The quantitative estimate of drug-likeness (QED) is 0.496. The molecular weight excluding hydrogens is 236 g/mol. The second kappa shape index (κ2) is 5.59. The highest BCUT2D eigenvalue weighted by atomic mass is 16.6. The van der Waals surface area contributed by atoms with Crippen LogP contribution in [0.2, 0.25) is 0 Å². The van der Waals surface area contributed by atoms with E-state index in [0.717, 1.165) is 24.9 Å². The molecule has 6 nitrogen and oxygen atoms in total. The van der Waals surface area contributed by atoms with Crippen LogP contribution in [0.15, 0.2) is 24.3 Å². The number of carbonyl (C=O) groups excluding carboxylic acids is 1. The molecule has 0 radical (unpaired) electrons. The number of hydrogen-bond acceptors (Lipinski definition) is 5. The van der Waals surface area contributed by atoms with Crippen LogP contribution in [0.25, 0.3) is 0 Å². The van der Waals surface area contributed by atoms with E-state index < -0.39 is 4.92 Å². The highest BCUT2D eigenvalue weighted by molar-refractivity contribution is 5.76. The molecule has 6 heteroatoms. The fourth-order valence-electron chi connectivity index (χ4n) is 1.85. The Kier molecular flexibility index (Phi) is 3.88. The van der Waals surface area contributed by atoms with Gasteiger partial charge in [0.15, 0.2) is 0 Å². The van der Waals surface area contributed by atoms with Crippen LogP contribution in [-0.2, 0) is 16.1 Å². The number of carbonyl (C=O) groups is 1. The molecule has 0 aliphatic carbocycles. The first-order valence-electron chi connectivity index (χ1n) is 5.80. The number of hydrogen-bond donors (Lipinski definition) is 1. The standard InChI is InChI=1S/C12H14N2O4/c15-12(11-2-1-7-13-11)18-8-9-3-5-10(6-4-9)14(16)17/h3-6,11,13H,1-2,7-8H2/t11-/m1/s1. The summed E-state index contributed by atoms with van der Waals surface area (Å²) in [6.45, 7) is 0.992. The Labute approximate surface area is 104 Å². The highest BCUT2D eigenvalue weighted by Crippen LogP contribution is 2.13. The molecule has 0 aromatic heterocycles. The van der Waals surface area contributed by atoms with Crippen molar-refractivity contribution in [2.75, 3.05) is 6.54 Å². The maximum absolute atomic E-state index is 11.6. The predicted molar refractivity (Wildman–Crippen MR) is 63.9 cm³/mol. The van der Waals surface area contributed by atoms with Gasteiger partial charge in [0, 0.05) is 12.1 Å². The predicted octanol–water partition coefficient (Wildman–Crippen LogP) is 1.39. The first-order chi connectivity index (χ1) is 8.66. The molecular formula is C12H14N2O4. The van der Waals surface area contributed by atoms with Crippen LogP contribution in [0.5, 0.6) is 0 Å². The van der Waals surface area contributed by atoms with Crippen molar-refractivity contribution in [2.45, 2.75) is 25.5 Å². The summed E-state index contributed by atoms with van der Waals surface area (Å²) < 4.78 is 5.14. The van der Waals surface area contributed by atoms with Crippen LogP contribution in [0.1, 0.15) is 18.4 Å². The lowest BCUT2D eigenvalue weighted by molar-refractivity contribution is -0.384. The van der Waals surface area contributed by atoms with Crippen molar-refractivity contribution in [3.8, 4) is 0 Å². The van der Waals surface area contributed by atoms with Gasteiger partial charge in [0.2, 0.25) is 0 Å². The lowest BCUT2D eigenvalue weighted by atomic mass is 10.2. The van der Waals surface area contributed by atoms with Crippen molar-refractivity contribution in [3.63, 3.8) is 0 Å². The molecule has 96 valence electrons. The van der Waals surface area contributed by atoms with Gasteiger partial charge in [-0.15, -0.1) is 0 Å². The van der Waals surface area contributed by atoms with E-state index in [0.29, 0.717) is 0 Å². The molecule has 1 N–H and O–H groups in total. The van der Waals surface area contributed by atoms with Crippen molar-refractivity contribution >= 4 is 11.7 Å². The van der Waals surface area contributed by atoms with E-state index in [9.17, 15) is 14.9 Å². The van der Waals surface area contributed by atoms with Gasteiger partial charge in [0.1, 0.15) is 12.6 Å². The van der Waals surface area contributed by atoms with Gasteiger partial charge in [-0.05, 0) is 37.1 Å². The normalized spacial score (nSPS) is 18.6. The minimum absolute atomic E-state index is 0.0301. The number of ether oxygens (including phenoxy) is 1. The molecule has 0 bridgehead atoms. The summed E-state index contributed by atoms with van der Waals surface area (Å²) in [6, 6.07) is 5.78. The number of rotatable bonds is 4. The van der Waals surface area contributed by atoms with Crippen LogP contribution in [0.4, 0.5) is 5.69 Å². The molecule has 1 aliphatic rings. The molecule has 2 rings (SSSR count).